The number of halogens is 3. The van der Waals surface area contributed by atoms with E-state index in [0.717, 1.165) is 16.8 Å². The van der Waals surface area contributed by atoms with Gasteiger partial charge in [0.25, 0.3) is 0 Å². The van der Waals surface area contributed by atoms with Crippen molar-refractivity contribution in [3.63, 3.8) is 0 Å². The minimum Gasteiger partial charge on any atom is -0.464 e. The van der Waals surface area contributed by atoms with Gasteiger partial charge in [-0.05, 0) is 35.9 Å². The maximum absolute atomic E-state index is 14.7. The molecule has 2 heterocycles. The molecule has 0 aliphatic carbocycles. The Labute approximate surface area is 165 Å². The fraction of sp³-hybridized carbons (Fsp3) is 0.136. The second-order valence-electron chi connectivity index (χ2n) is 6.80. The van der Waals surface area contributed by atoms with Crippen molar-refractivity contribution >= 4 is 17.3 Å². The first-order valence-corrected chi connectivity index (χ1v) is 9.31. The second kappa shape index (κ2) is 6.60. The number of nitrogens with zero attached hydrogens (tertiary/aromatic N) is 2. The molecule has 0 radical (unpaired) electrons. The van der Waals surface area contributed by atoms with Gasteiger partial charge >= 0.3 is 0 Å². The van der Waals surface area contributed by atoms with Gasteiger partial charge < -0.3 is 4.74 Å². The Morgan fingerprint density at radius 1 is 0.964 bits per heavy atom. The van der Waals surface area contributed by atoms with E-state index in [4.69, 9.17) is 21.4 Å². The average molecular weight is 397 g/mol. The van der Waals surface area contributed by atoms with E-state index in [0.29, 0.717) is 12.2 Å². The van der Waals surface area contributed by atoms with E-state index >= 15 is 0 Å². The van der Waals surface area contributed by atoms with Crippen LogP contribution < -0.4 is 4.74 Å². The first-order valence-electron chi connectivity index (χ1n) is 8.93. The molecule has 2 aliphatic heterocycles. The molecule has 28 heavy (non-hydrogen) atoms. The Kier molecular flexibility index (Phi) is 4.05. The highest BCUT2D eigenvalue weighted by Gasteiger charge is 2.42. The molecule has 3 nitrogen and oxygen atoms in total. The molecule has 3 aromatic carbocycles. The van der Waals surface area contributed by atoms with Crippen molar-refractivity contribution in [3.05, 3.63) is 100 Å². The first-order chi connectivity index (χ1) is 13.6. The van der Waals surface area contributed by atoms with Gasteiger partial charge in [-0.1, -0.05) is 48.0 Å². The van der Waals surface area contributed by atoms with Crippen LogP contribution in [0.15, 0.2) is 71.8 Å². The molecule has 6 heteroatoms. The van der Waals surface area contributed by atoms with Crippen LogP contribution in [-0.2, 0) is 0 Å². The third-order valence-corrected chi connectivity index (χ3v) is 5.45. The second-order valence-corrected chi connectivity index (χ2v) is 7.20. The molecule has 2 atom stereocenters. The molecular formula is C22H15ClF2N2O. The molecule has 2 unspecified atom stereocenters. The fourth-order valence-electron chi connectivity index (χ4n) is 3.79. The fourth-order valence-corrected chi connectivity index (χ4v) is 4.04. The van der Waals surface area contributed by atoms with Gasteiger partial charge in [0, 0.05) is 12.0 Å². The topological polar surface area (TPSA) is 24.8 Å². The van der Waals surface area contributed by atoms with Crippen LogP contribution in [0.25, 0.3) is 0 Å². The third kappa shape index (κ3) is 2.74. The number of fused-ring (bicyclic) bond motifs is 3. The normalized spacial score (nSPS) is 20.2. The van der Waals surface area contributed by atoms with Gasteiger partial charge in [-0.25, -0.2) is 13.8 Å². The number of hydrogen-bond donors (Lipinski definition) is 0. The Bertz CT molecular complexity index is 1060. The molecule has 3 aromatic rings. The number of para-hydroxylation sites is 1. The Hall–Kier alpha value is -2.92. The molecule has 0 saturated heterocycles. The van der Waals surface area contributed by atoms with Crippen LogP contribution in [0, 0.1) is 11.6 Å². The van der Waals surface area contributed by atoms with Crippen molar-refractivity contribution in [1.82, 2.24) is 5.01 Å². The van der Waals surface area contributed by atoms with Gasteiger partial charge in [0.05, 0.1) is 22.3 Å². The van der Waals surface area contributed by atoms with Crippen LogP contribution in [0.4, 0.5) is 8.78 Å². The summed E-state index contributed by atoms with van der Waals surface area (Å²) in [6.45, 7) is 0. The summed E-state index contributed by atoms with van der Waals surface area (Å²) in [4.78, 5) is 0. The summed E-state index contributed by atoms with van der Waals surface area (Å²) in [6.07, 6.45) is -0.180. The maximum Gasteiger partial charge on any atom is 0.218 e. The summed E-state index contributed by atoms with van der Waals surface area (Å²) in [5.41, 5.74) is 2.86. The summed E-state index contributed by atoms with van der Waals surface area (Å²) >= 11 is 6.31. The van der Waals surface area contributed by atoms with E-state index in [1.165, 1.54) is 18.2 Å². The van der Waals surface area contributed by atoms with Crippen molar-refractivity contribution in [2.45, 2.75) is 18.7 Å². The molecule has 2 aliphatic rings. The average Bonchev–Trinajstić information content (AvgIpc) is 3.14. The SMILES string of the molecule is Fc1ccc(C2=NN3C(C2)c2ccccc2OC3c2c(F)cccc2Cl)cc1. The predicted molar refractivity (Wildman–Crippen MR) is 103 cm³/mol. The van der Waals surface area contributed by atoms with E-state index in [9.17, 15) is 8.78 Å². The van der Waals surface area contributed by atoms with Crippen molar-refractivity contribution in [2.24, 2.45) is 5.10 Å². The number of rotatable bonds is 2. The lowest BCUT2D eigenvalue weighted by Crippen LogP contribution is -2.34. The largest absolute Gasteiger partial charge is 0.464 e. The lowest BCUT2D eigenvalue weighted by atomic mass is 9.96. The highest BCUT2D eigenvalue weighted by atomic mass is 35.5. The zero-order valence-corrected chi connectivity index (χ0v) is 15.4. The number of hydrazone groups is 1. The Morgan fingerprint density at radius 3 is 2.54 bits per heavy atom. The van der Waals surface area contributed by atoms with Gasteiger partial charge in [0.2, 0.25) is 6.23 Å². The van der Waals surface area contributed by atoms with Crippen LogP contribution >= 0.6 is 11.6 Å². The lowest BCUT2D eigenvalue weighted by molar-refractivity contribution is -0.0211. The molecule has 0 spiro atoms. The van der Waals surface area contributed by atoms with Crippen LogP contribution in [0.2, 0.25) is 5.02 Å². The molecule has 0 fully saturated rings. The van der Waals surface area contributed by atoms with Gasteiger partial charge in [-0.15, -0.1) is 0 Å². The smallest absolute Gasteiger partial charge is 0.218 e. The van der Waals surface area contributed by atoms with Crippen molar-refractivity contribution in [2.75, 3.05) is 0 Å². The van der Waals surface area contributed by atoms with Crippen molar-refractivity contribution in [1.29, 1.82) is 0 Å². The first kappa shape index (κ1) is 17.2. The summed E-state index contributed by atoms with van der Waals surface area (Å²) in [6, 6.07) is 18.3. The zero-order chi connectivity index (χ0) is 19.3. The van der Waals surface area contributed by atoms with Gasteiger partial charge in [-0.3, -0.25) is 0 Å². The molecule has 0 amide bonds. The number of benzene rings is 3. The van der Waals surface area contributed by atoms with Gasteiger partial charge in [0.1, 0.15) is 17.4 Å². The van der Waals surface area contributed by atoms with Gasteiger partial charge in [-0.2, -0.15) is 5.10 Å². The molecule has 0 N–H and O–H groups in total. The van der Waals surface area contributed by atoms with Crippen LogP contribution in [-0.4, -0.2) is 10.7 Å². The zero-order valence-electron chi connectivity index (χ0n) is 14.6. The standard InChI is InChI=1S/C22H15ClF2N2O/c23-16-5-3-6-17(25)21(16)22-27-19(15-4-1-2-7-20(15)28-22)12-18(26-27)13-8-10-14(24)11-9-13/h1-11,19,22H,12H2. The van der Waals surface area contributed by atoms with E-state index in [1.54, 1.807) is 29.3 Å². The molecular weight excluding hydrogens is 382 g/mol. The summed E-state index contributed by atoms with van der Waals surface area (Å²) < 4.78 is 34.1. The molecule has 0 bridgehead atoms. The van der Waals surface area contributed by atoms with E-state index in [2.05, 4.69) is 0 Å². The predicted octanol–water partition coefficient (Wildman–Crippen LogP) is 5.86. The third-order valence-electron chi connectivity index (χ3n) is 5.12. The highest BCUT2D eigenvalue weighted by molar-refractivity contribution is 6.31. The maximum atomic E-state index is 14.7. The molecule has 140 valence electrons. The Balaban J connectivity index is 1.63. The Morgan fingerprint density at radius 2 is 1.75 bits per heavy atom. The van der Waals surface area contributed by atoms with E-state index < -0.39 is 12.0 Å². The van der Waals surface area contributed by atoms with E-state index in [1.807, 2.05) is 24.3 Å². The summed E-state index contributed by atoms with van der Waals surface area (Å²) in [7, 11) is 0. The molecule has 0 saturated carbocycles. The van der Waals surface area contributed by atoms with Crippen molar-refractivity contribution in [3.8, 4) is 5.75 Å². The quantitative estimate of drug-likeness (QED) is 0.542. The van der Waals surface area contributed by atoms with Crippen LogP contribution in [0.1, 0.15) is 35.4 Å². The minimum atomic E-state index is -0.786. The highest BCUT2D eigenvalue weighted by Crippen LogP contribution is 2.48. The lowest BCUT2D eigenvalue weighted by Gasteiger charge is -2.38. The van der Waals surface area contributed by atoms with Crippen molar-refractivity contribution < 1.29 is 13.5 Å². The molecule has 0 aromatic heterocycles. The van der Waals surface area contributed by atoms with E-state index in [-0.39, 0.29) is 22.4 Å². The van der Waals surface area contributed by atoms with Crippen LogP contribution in [0.5, 0.6) is 5.75 Å². The molecule has 5 rings (SSSR count). The summed E-state index contributed by atoms with van der Waals surface area (Å²) in [5.74, 6) is -0.0607. The minimum absolute atomic E-state index is 0.120. The number of hydrogen-bond acceptors (Lipinski definition) is 3. The van der Waals surface area contributed by atoms with Gasteiger partial charge in [0.15, 0.2) is 0 Å². The monoisotopic (exact) mass is 396 g/mol. The van der Waals surface area contributed by atoms with Crippen LogP contribution in [0.3, 0.4) is 0 Å². The summed E-state index contributed by atoms with van der Waals surface area (Å²) in [5, 5.41) is 6.77. The number of ether oxygens (including phenoxy) is 1.